The monoisotopic (exact) mass is 262 g/mol. The van der Waals surface area contributed by atoms with Gasteiger partial charge in [-0.2, -0.15) is 4.98 Å². The second-order valence-corrected chi connectivity index (χ2v) is 5.73. The highest BCUT2D eigenvalue weighted by molar-refractivity contribution is 5.45. The van der Waals surface area contributed by atoms with Crippen molar-refractivity contribution in [3.8, 4) is 5.88 Å². The molecule has 0 bridgehead atoms. The highest BCUT2D eigenvalue weighted by Crippen LogP contribution is 2.39. The van der Waals surface area contributed by atoms with Crippen LogP contribution in [0.15, 0.2) is 0 Å². The minimum atomic E-state index is 0.499. The standard InChI is InChI=1S/C14H22N4O/c1-9-12(15)16-13(10-3-4-10)17-14(9)19-8-7-18(2)11-5-6-11/h10-11H,3-8H2,1-2H3,(H2,15,16,17). The first-order valence-corrected chi connectivity index (χ1v) is 7.12. The molecule has 5 nitrogen and oxygen atoms in total. The number of likely N-dealkylation sites (N-methyl/N-ethyl adjacent to an activating group) is 1. The smallest absolute Gasteiger partial charge is 0.221 e. The number of aromatic nitrogens is 2. The Labute approximate surface area is 114 Å². The molecule has 0 radical (unpaired) electrons. The van der Waals surface area contributed by atoms with E-state index in [1.54, 1.807) is 0 Å². The lowest BCUT2D eigenvalue weighted by molar-refractivity contribution is 0.225. The van der Waals surface area contributed by atoms with Gasteiger partial charge in [0.2, 0.25) is 5.88 Å². The summed E-state index contributed by atoms with van der Waals surface area (Å²) in [5, 5.41) is 0. The molecule has 2 N–H and O–H groups in total. The quantitative estimate of drug-likeness (QED) is 0.845. The average Bonchev–Trinajstić information content (AvgIpc) is 3.27. The lowest BCUT2D eigenvalue weighted by Gasteiger charge is -2.16. The van der Waals surface area contributed by atoms with Crippen molar-refractivity contribution in [2.75, 3.05) is 25.9 Å². The molecule has 2 saturated carbocycles. The van der Waals surface area contributed by atoms with Gasteiger partial charge in [0.25, 0.3) is 0 Å². The fourth-order valence-electron chi connectivity index (χ4n) is 2.18. The summed E-state index contributed by atoms with van der Waals surface area (Å²) in [6.45, 7) is 3.52. The van der Waals surface area contributed by atoms with Crippen LogP contribution in [0.4, 0.5) is 5.82 Å². The molecule has 2 aliphatic rings. The SMILES string of the molecule is Cc1c(N)nc(C2CC2)nc1OCCN(C)C1CC1. The van der Waals surface area contributed by atoms with E-state index < -0.39 is 0 Å². The summed E-state index contributed by atoms with van der Waals surface area (Å²) in [4.78, 5) is 11.2. The van der Waals surface area contributed by atoms with E-state index >= 15 is 0 Å². The van der Waals surface area contributed by atoms with Gasteiger partial charge >= 0.3 is 0 Å². The van der Waals surface area contributed by atoms with Gasteiger partial charge in [0.1, 0.15) is 18.2 Å². The van der Waals surface area contributed by atoms with E-state index in [0.717, 1.165) is 24.0 Å². The molecule has 0 atom stereocenters. The van der Waals surface area contributed by atoms with Crippen molar-refractivity contribution in [2.45, 2.75) is 44.6 Å². The molecule has 1 aromatic rings. The lowest BCUT2D eigenvalue weighted by atomic mass is 10.3. The van der Waals surface area contributed by atoms with Gasteiger partial charge in [0, 0.05) is 18.5 Å². The maximum Gasteiger partial charge on any atom is 0.221 e. The van der Waals surface area contributed by atoms with E-state index in [9.17, 15) is 0 Å². The first kappa shape index (κ1) is 12.7. The largest absolute Gasteiger partial charge is 0.476 e. The summed E-state index contributed by atoms with van der Waals surface area (Å²) in [7, 11) is 2.15. The van der Waals surface area contributed by atoms with E-state index in [-0.39, 0.29) is 0 Å². The minimum absolute atomic E-state index is 0.499. The molecule has 1 heterocycles. The molecule has 1 aromatic heterocycles. The molecule has 0 spiro atoms. The maximum absolute atomic E-state index is 5.94. The molecule has 0 unspecified atom stereocenters. The third-order valence-electron chi connectivity index (χ3n) is 3.95. The number of rotatable bonds is 6. The number of nitrogens with two attached hydrogens (primary N) is 1. The third-order valence-corrected chi connectivity index (χ3v) is 3.95. The Hall–Kier alpha value is -1.36. The molecule has 0 saturated heterocycles. The van der Waals surface area contributed by atoms with Gasteiger partial charge in [0.05, 0.1) is 5.56 Å². The number of hydrogen-bond donors (Lipinski definition) is 1. The fraction of sp³-hybridized carbons (Fsp3) is 0.714. The van der Waals surface area contributed by atoms with E-state index in [1.165, 1.54) is 25.7 Å². The van der Waals surface area contributed by atoms with Gasteiger partial charge < -0.3 is 15.4 Å². The molecule has 2 fully saturated rings. The first-order valence-electron chi connectivity index (χ1n) is 7.12. The van der Waals surface area contributed by atoms with Crippen LogP contribution in [-0.2, 0) is 0 Å². The zero-order chi connectivity index (χ0) is 13.4. The van der Waals surface area contributed by atoms with Crippen molar-refractivity contribution in [3.05, 3.63) is 11.4 Å². The molecule has 19 heavy (non-hydrogen) atoms. The molecule has 104 valence electrons. The maximum atomic E-state index is 5.94. The highest BCUT2D eigenvalue weighted by atomic mass is 16.5. The second kappa shape index (κ2) is 4.96. The van der Waals surface area contributed by atoms with Gasteiger partial charge in [-0.3, -0.25) is 0 Å². The van der Waals surface area contributed by atoms with Crippen molar-refractivity contribution in [3.63, 3.8) is 0 Å². The summed E-state index contributed by atoms with van der Waals surface area (Å²) in [5.41, 5.74) is 6.79. The zero-order valence-corrected chi connectivity index (χ0v) is 11.7. The van der Waals surface area contributed by atoms with Crippen LogP contribution in [0, 0.1) is 6.92 Å². The summed E-state index contributed by atoms with van der Waals surface area (Å²) >= 11 is 0. The summed E-state index contributed by atoms with van der Waals surface area (Å²) in [6.07, 6.45) is 4.99. The van der Waals surface area contributed by atoms with Crippen LogP contribution in [0.5, 0.6) is 5.88 Å². The topological polar surface area (TPSA) is 64.3 Å². The van der Waals surface area contributed by atoms with Gasteiger partial charge in [0.15, 0.2) is 0 Å². The molecule has 5 heteroatoms. The summed E-state index contributed by atoms with van der Waals surface area (Å²) in [5.74, 6) is 2.58. The van der Waals surface area contributed by atoms with Gasteiger partial charge in [-0.25, -0.2) is 4.98 Å². The number of ether oxygens (including phenoxy) is 1. The Bertz CT molecular complexity index is 469. The molecular formula is C14H22N4O. The van der Waals surface area contributed by atoms with Crippen molar-refractivity contribution in [1.82, 2.24) is 14.9 Å². The predicted molar refractivity (Wildman–Crippen MR) is 74.3 cm³/mol. The van der Waals surface area contributed by atoms with E-state index in [1.807, 2.05) is 6.92 Å². The van der Waals surface area contributed by atoms with Crippen LogP contribution in [0.25, 0.3) is 0 Å². The number of anilines is 1. The predicted octanol–water partition coefficient (Wildman–Crippen LogP) is 1.72. The first-order chi connectivity index (χ1) is 9.15. The van der Waals surface area contributed by atoms with Gasteiger partial charge in [-0.15, -0.1) is 0 Å². The summed E-state index contributed by atoms with van der Waals surface area (Å²) < 4.78 is 5.81. The number of nitrogen functional groups attached to an aromatic ring is 1. The molecule has 3 rings (SSSR count). The number of nitrogens with zero attached hydrogens (tertiary/aromatic N) is 3. The average molecular weight is 262 g/mol. The van der Waals surface area contributed by atoms with Gasteiger partial charge in [-0.1, -0.05) is 0 Å². The lowest BCUT2D eigenvalue weighted by Crippen LogP contribution is -2.26. The van der Waals surface area contributed by atoms with E-state index in [2.05, 4.69) is 21.9 Å². The fourth-order valence-corrected chi connectivity index (χ4v) is 2.18. The van der Waals surface area contributed by atoms with Crippen LogP contribution < -0.4 is 10.5 Å². The molecule has 0 amide bonds. The Balaban J connectivity index is 1.62. The van der Waals surface area contributed by atoms with Crippen LogP contribution in [0.1, 0.15) is 43.0 Å². The normalized spacial score (nSPS) is 18.9. The van der Waals surface area contributed by atoms with Crippen molar-refractivity contribution >= 4 is 5.82 Å². The third kappa shape index (κ3) is 2.97. The van der Waals surface area contributed by atoms with Crippen molar-refractivity contribution in [1.29, 1.82) is 0 Å². The Kier molecular flexibility index (Phi) is 3.31. The Morgan fingerprint density at radius 2 is 2.00 bits per heavy atom. The van der Waals surface area contributed by atoms with Crippen molar-refractivity contribution in [2.24, 2.45) is 0 Å². The van der Waals surface area contributed by atoms with E-state index in [4.69, 9.17) is 10.5 Å². The Morgan fingerprint density at radius 1 is 1.26 bits per heavy atom. The van der Waals surface area contributed by atoms with E-state index in [0.29, 0.717) is 24.2 Å². The van der Waals surface area contributed by atoms with Crippen molar-refractivity contribution < 1.29 is 4.74 Å². The van der Waals surface area contributed by atoms with Crippen LogP contribution in [0.2, 0.25) is 0 Å². The van der Waals surface area contributed by atoms with Gasteiger partial charge in [-0.05, 0) is 39.7 Å². The minimum Gasteiger partial charge on any atom is -0.476 e. The second-order valence-electron chi connectivity index (χ2n) is 5.73. The van der Waals surface area contributed by atoms with Crippen LogP contribution in [-0.4, -0.2) is 41.1 Å². The molecule has 0 aromatic carbocycles. The van der Waals surface area contributed by atoms with Crippen LogP contribution >= 0.6 is 0 Å². The molecule has 2 aliphatic carbocycles. The van der Waals surface area contributed by atoms with Crippen LogP contribution in [0.3, 0.4) is 0 Å². The zero-order valence-electron chi connectivity index (χ0n) is 11.7. The Morgan fingerprint density at radius 3 is 2.63 bits per heavy atom. The highest BCUT2D eigenvalue weighted by Gasteiger charge is 2.28. The summed E-state index contributed by atoms with van der Waals surface area (Å²) in [6, 6.07) is 0.766. The molecule has 0 aliphatic heterocycles. The molecular weight excluding hydrogens is 240 g/mol. The number of hydrogen-bond acceptors (Lipinski definition) is 5.